The maximum atomic E-state index is 12.3. The maximum absolute atomic E-state index is 12.3. The number of para-hydroxylation sites is 1. The first-order chi connectivity index (χ1) is 10.0. The second kappa shape index (κ2) is 6.27. The number of nitrogens with two attached hydrogens (primary N) is 1. The smallest absolute Gasteiger partial charge is 0.282 e. The molecule has 0 saturated carbocycles. The van der Waals surface area contributed by atoms with Crippen LogP contribution in [0.1, 0.15) is 10.4 Å². The first-order valence-corrected chi connectivity index (χ1v) is 7.23. The highest BCUT2D eigenvalue weighted by Gasteiger charge is 2.21. The Morgan fingerprint density at radius 3 is 2.67 bits per heavy atom. The van der Waals surface area contributed by atoms with E-state index in [0.717, 1.165) is 4.90 Å². The first-order valence-electron chi connectivity index (χ1n) is 6.01. The standard InChI is InChI=1S/C14H13N3O3S/c1-21-13-5-3-2-4-11(13)16-14(18)10-8-9(15)6-7-12(10)17(19)20/h2-8H,15H2,1H3,(H,16,18). The molecule has 6 nitrogen and oxygen atoms in total. The van der Waals surface area contributed by atoms with Crippen molar-refractivity contribution in [1.82, 2.24) is 0 Å². The van der Waals surface area contributed by atoms with Crippen molar-refractivity contribution in [2.45, 2.75) is 4.90 Å². The van der Waals surface area contributed by atoms with E-state index in [1.165, 1.54) is 30.0 Å². The van der Waals surface area contributed by atoms with E-state index in [1.54, 1.807) is 12.1 Å². The third-order valence-electron chi connectivity index (χ3n) is 2.82. The number of anilines is 2. The van der Waals surface area contributed by atoms with Crippen LogP contribution >= 0.6 is 11.8 Å². The number of nitro benzene ring substituents is 1. The van der Waals surface area contributed by atoms with Crippen molar-refractivity contribution in [3.05, 3.63) is 58.1 Å². The molecule has 3 N–H and O–H groups in total. The number of thioether (sulfide) groups is 1. The zero-order valence-corrected chi connectivity index (χ0v) is 12.0. The van der Waals surface area contributed by atoms with E-state index in [4.69, 9.17) is 5.73 Å². The summed E-state index contributed by atoms with van der Waals surface area (Å²) in [4.78, 5) is 23.5. The van der Waals surface area contributed by atoms with Crippen LogP contribution in [0.4, 0.5) is 17.1 Å². The zero-order valence-electron chi connectivity index (χ0n) is 11.2. The van der Waals surface area contributed by atoms with Crippen molar-refractivity contribution < 1.29 is 9.72 Å². The van der Waals surface area contributed by atoms with Crippen molar-refractivity contribution in [2.24, 2.45) is 0 Å². The van der Waals surface area contributed by atoms with Crippen LogP contribution in [-0.2, 0) is 0 Å². The van der Waals surface area contributed by atoms with Crippen LogP contribution in [0.3, 0.4) is 0 Å². The van der Waals surface area contributed by atoms with Gasteiger partial charge < -0.3 is 11.1 Å². The van der Waals surface area contributed by atoms with Gasteiger partial charge in [0.2, 0.25) is 0 Å². The highest BCUT2D eigenvalue weighted by Crippen LogP contribution is 2.27. The van der Waals surface area contributed by atoms with E-state index >= 15 is 0 Å². The summed E-state index contributed by atoms with van der Waals surface area (Å²) in [5, 5.41) is 13.7. The minimum absolute atomic E-state index is 0.0593. The Morgan fingerprint density at radius 2 is 2.00 bits per heavy atom. The topological polar surface area (TPSA) is 98.3 Å². The highest BCUT2D eigenvalue weighted by atomic mass is 32.2. The van der Waals surface area contributed by atoms with Crippen LogP contribution in [0.15, 0.2) is 47.4 Å². The predicted molar refractivity (Wildman–Crippen MR) is 83.7 cm³/mol. The van der Waals surface area contributed by atoms with E-state index in [0.29, 0.717) is 11.4 Å². The van der Waals surface area contributed by atoms with Gasteiger partial charge in [0.25, 0.3) is 11.6 Å². The molecule has 2 rings (SSSR count). The Morgan fingerprint density at radius 1 is 1.29 bits per heavy atom. The van der Waals surface area contributed by atoms with Gasteiger partial charge in [0.1, 0.15) is 5.56 Å². The quantitative estimate of drug-likeness (QED) is 0.391. The van der Waals surface area contributed by atoms with Gasteiger partial charge >= 0.3 is 0 Å². The van der Waals surface area contributed by atoms with E-state index < -0.39 is 10.8 Å². The van der Waals surface area contributed by atoms with Crippen LogP contribution in [0.5, 0.6) is 0 Å². The third kappa shape index (κ3) is 3.32. The molecule has 21 heavy (non-hydrogen) atoms. The molecule has 108 valence electrons. The molecule has 2 aromatic carbocycles. The average molecular weight is 303 g/mol. The Labute approximate surface area is 125 Å². The molecule has 2 aromatic rings. The Bertz CT molecular complexity index is 704. The van der Waals surface area contributed by atoms with Gasteiger partial charge in [-0.2, -0.15) is 0 Å². The number of hydrogen-bond acceptors (Lipinski definition) is 5. The number of amides is 1. The fourth-order valence-corrected chi connectivity index (χ4v) is 2.39. The minimum Gasteiger partial charge on any atom is -0.399 e. The SMILES string of the molecule is CSc1ccccc1NC(=O)c1cc(N)ccc1[N+](=O)[O-]. The van der Waals surface area contributed by atoms with Gasteiger partial charge in [-0.3, -0.25) is 14.9 Å². The summed E-state index contributed by atoms with van der Waals surface area (Å²) < 4.78 is 0. The molecule has 0 aliphatic rings. The summed E-state index contributed by atoms with van der Waals surface area (Å²) in [6.07, 6.45) is 1.88. The van der Waals surface area contributed by atoms with E-state index in [2.05, 4.69) is 5.32 Å². The lowest BCUT2D eigenvalue weighted by atomic mass is 10.1. The third-order valence-corrected chi connectivity index (χ3v) is 3.61. The average Bonchev–Trinajstić information content (AvgIpc) is 2.47. The predicted octanol–water partition coefficient (Wildman–Crippen LogP) is 3.15. The van der Waals surface area contributed by atoms with Crippen LogP contribution in [0.2, 0.25) is 0 Å². The van der Waals surface area contributed by atoms with Crippen molar-refractivity contribution in [3.8, 4) is 0 Å². The molecule has 0 aliphatic heterocycles. The number of nitrogens with one attached hydrogen (secondary N) is 1. The fraction of sp³-hybridized carbons (Fsp3) is 0.0714. The highest BCUT2D eigenvalue weighted by molar-refractivity contribution is 7.98. The van der Waals surface area contributed by atoms with Crippen molar-refractivity contribution in [3.63, 3.8) is 0 Å². The number of nitro groups is 1. The van der Waals surface area contributed by atoms with Crippen LogP contribution in [0.25, 0.3) is 0 Å². The first kappa shape index (κ1) is 14.9. The Hall–Kier alpha value is -2.54. The summed E-state index contributed by atoms with van der Waals surface area (Å²) in [6, 6.07) is 11.1. The lowest BCUT2D eigenvalue weighted by Crippen LogP contribution is -2.14. The van der Waals surface area contributed by atoms with Crippen LogP contribution in [-0.4, -0.2) is 17.1 Å². The van der Waals surface area contributed by atoms with Gasteiger partial charge in [-0.05, 0) is 30.5 Å². The zero-order chi connectivity index (χ0) is 15.4. The monoisotopic (exact) mass is 303 g/mol. The molecule has 1 amide bonds. The number of rotatable bonds is 4. The number of carbonyl (C=O) groups excluding carboxylic acids is 1. The van der Waals surface area contributed by atoms with Crippen LogP contribution in [0, 0.1) is 10.1 Å². The van der Waals surface area contributed by atoms with Gasteiger partial charge in [0.15, 0.2) is 0 Å². The van der Waals surface area contributed by atoms with E-state index in [1.807, 2.05) is 18.4 Å². The number of carbonyl (C=O) groups is 1. The van der Waals surface area contributed by atoms with E-state index in [-0.39, 0.29) is 11.3 Å². The summed E-state index contributed by atoms with van der Waals surface area (Å²) in [7, 11) is 0. The second-order valence-corrected chi connectivity index (χ2v) is 5.04. The van der Waals surface area contributed by atoms with Crippen LogP contribution < -0.4 is 11.1 Å². The largest absolute Gasteiger partial charge is 0.399 e. The molecule has 0 saturated heterocycles. The molecular weight excluding hydrogens is 290 g/mol. The summed E-state index contributed by atoms with van der Waals surface area (Å²) in [5.74, 6) is -0.560. The molecular formula is C14H13N3O3S. The molecule has 0 radical (unpaired) electrons. The lowest BCUT2D eigenvalue weighted by molar-refractivity contribution is -0.385. The Balaban J connectivity index is 2.37. The van der Waals surface area contributed by atoms with Crippen molar-refractivity contribution in [2.75, 3.05) is 17.3 Å². The molecule has 0 aromatic heterocycles. The van der Waals surface area contributed by atoms with Crippen molar-refractivity contribution >= 4 is 34.7 Å². The van der Waals surface area contributed by atoms with Gasteiger partial charge in [-0.1, -0.05) is 12.1 Å². The molecule has 0 spiro atoms. The summed E-state index contributed by atoms with van der Waals surface area (Å²) >= 11 is 1.47. The van der Waals surface area contributed by atoms with Gasteiger partial charge in [-0.15, -0.1) is 11.8 Å². The normalized spacial score (nSPS) is 10.1. The number of hydrogen-bond donors (Lipinski definition) is 2. The molecule has 0 atom stereocenters. The number of benzene rings is 2. The second-order valence-electron chi connectivity index (χ2n) is 4.19. The fourth-order valence-electron chi connectivity index (χ4n) is 1.83. The van der Waals surface area contributed by atoms with Gasteiger partial charge in [0, 0.05) is 16.6 Å². The molecule has 0 bridgehead atoms. The molecule has 0 fully saturated rings. The molecule has 7 heteroatoms. The summed E-state index contributed by atoms with van der Waals surface area (Å²) in [5.41, 5.74) is 6.17. The lowest BCUT2D eigenvalue weighted by Gasteiger charge is -2.09. The number of nitrogens with zero attached hydrogens (tertiary/aromatic N) is 1. The maximum Gasteiger partial charge on any atom is 0.282 e. The Kier molecular flexibility index (Phi) is 4.44. The minimum atomic E-state index is -0.602. The van der Waals surface area contributed by atoms with E-state index in [9.17, 15) is 14.9 Å². The molecule has 0 aliphatic carbocycles. The summed E-state index contributed by atoms with van der Waals surface area (Å²) in [6.45, 7) is 0. The molecule has 0 heterocycles. The van der Waals surface area contributed by atoms with Crippen molar-refractivity contribution in [1.29, 1.82) is 0 Å². The molecule has 0 unspecified atom stereocenters. The van der Waals surface area contributed by atoms with Gasteiger partial charge in [-0.25, -0.2) is 0 Å². The van der Waals surface area contributed by atoms with Gasteiger partial charge in [0.05, 0.1) is 10.6 Å². The number of nitrogen functional groups attached to an aromatic ring is 1.